The Kier molecular flexibility index (Phi) is 5.56. The molecule has 2 saturated heterocycles. The Balaban J connectivity index is 1.51. The van der Waals surface area contributed by atoms with Crippen LogP contribution in [-0.2, 0) is 4.79 Å². The monoisotopic (exact) mass is 423 g/mol. The van der Waals surface area contributed by atoms with Crippen molar-refractivity contribution in [3.05, 3.63) is 36.0 Å². The number of amides is 2. The molecule has 2 amide bonds. The highest BCUT2D eigenvalue weighted by Crippen LogP contribution is 2.34. The highest BCUT2D eigenvalue weighted by Gasteiger charge is 2.30. The van der Waals surface area contributed by atoms with Crippen molar-refractivity contribution in [1.82, 2.24) is 15.2 Å². The van der Waals surface area contributed by atoms with E-state index in [1.54, 1.807) is 24.0 Å². The molecule has 4 rings (SSSR count). The van der Waals surface area contributed by atoms with E-state index in [1.807, 2.05) is 12.1 Å². The third kappa shape index (κ3) is 4.08. The van der Waals surface area contributed by atoms with Crippen molar-refractivity contribution in [3.63, 3.8) is 0 Å². The first-order valence-electron chi connectivity index (χ1n) is 10.1. The van der Waals surface area contributed by atoms with Crippen molar-refractivity contribution in [2.24, 2.45) is 5.41 Å². The summed E-state index contributed by atoms with van der Waals surface area (Å²) in [5.41, 5.74) is 2.61. The average Bonchev–Trinajstić information content (AvgIpc) is 3.36. The third-order valence-electron chi connectivity index (χ3n) is 5.76. The molecule has 7 nitrogen and oxygen atoms in total. The van der Waals surface area contributed by atoms with Gasteiger partial charge in [-0.15, -0.1) is 11.8 Å². The quantitative estimate of drug-likeness (QED) is 0.813. The number of aromatic nitrogens is 1. The third-order valence-corrected chi connectivity index (χ3v) is 6.78. The molecule has 3 heterocycles. The van der Waals surface area contributed by atoms with E-state index < -0.39 is 6.04 Å². The molecule has 0 saturated carbocycles. The number of nitriles is 1. The number of pyridine rings is 1. The van der Waals surface area contributed by atoms with Gasteiger partial charge in [-0.05, 0) is 36.1 Å². The van der Waals surface area contributed by atoms with E-state index in [9.17, 15) is 9.59 Å². The summed E-state index contributed by atoms with van der Waals surface area (Å²) < 4.78 is 0. The van der Waals surface area contributed by atoms with Crippen LogP contribution in [-0.4, -0.2) is 59.0 Å². The molecule has 1 atom stereocenters. The molecular weight excluding hydrogens is 398 g/mol. The standard InChI is InChI=1S/C22H25N5O2S/c1-22(2)6-8-26(13-22)15-3-4-19-18(9-15)17(5-7-24-19)21(29)25-11-20(28)27-14-30-12-16(27)10-23/h3-5,7,9,16H,6,8,11-14H2,1-2H3,(H,25,29)/t16-/m1/s1. The van der Waals surface area contributed by atoms with Gasteiger partial charge < -0.3 is 15.1 Å². The lowest BCUT2D eigenvalue weighted by molar-refractivity contribution is -0.129. The van der Waals surface area contributed by atoms with Crippen molar-refractivity contribution >= 4 is 40.2 Å². The van der Waals surface area contributed by atoms with Crippen LogP contribution in [0.4, 0.5) is 5.69 Å². The molecule has 0 spiro atoms. The molecule has 0 aliphatic carbocycles. The Hall–Kier alpha value is -2.79. The van der Waals surface area contributed by atoms with Crippen LogP contribution in [0.3, 0.4) is 0 Å². The van der Waals surface area contributed by atoms with E-state index in [1.165, 1.54) is 4.90 Å². The van der Waals surface area contributed by atoms with Gasteiger partial charge in [0.25, 0.3) is 5.91 Å². The number of anilines is 1. The second-order valence-corrected chi connectivity index (χ2v) is 9.59. The maximum atomic E-state index is 12.9. The highest BCUT2D eigenvalue weighted by molar-refractivity contribution is 7.99. The Bertz CT molecular complexity index is 1030. The molecular formula is C22H25N5O2S. The number of carbonyl (C=O) groups excluding carboxylic acids is 2. The van der Waals surface area contributed by atoms with Gasteiger partial charge >= 0.3 is 0 Å². The zero-order valence-corrected chi connectivity index (χ0v) is 18.0. The molecule has 0 radical (unpaired) electrons. The van der Waals surface area contributed by atoms with Crippen molar-refractivity contribution in [2.75, 3.05) is 36.2 Å². The summed E-state index contributed by atoms with van der Waals surface area (Å²) in [6, 6.07) is 9.41. The van der Waals surface area contributed by atoms with Gasteiger partial charge in [0.05, 0.1) is 29.6 Å². The van der Waals surface area contributed by atoms with Crippen LogP contribution in [0, 0.1) is 16.7 Å². The van der Waals surface area contributed by atoms with Crippen molar-refractivity contribution < 1.29 is 9.59 Å². The van der Waals surface area contributed by atoms with Crippen LogP contribution < -0.4 is 10.2 Å². The Morgan fingerprint density at radius 3 is 2.93 bits per heavy atom. The number of hydrogen-bond acceptors (Lipinski definition) is 6. The maximum Gasteiger partial charge on any atom is 0.252 e. The van der Waals surface area contributed by atoms with Gasteiger partial charge in [-0.3, -0.25) is 14.6 Å². The van der Waals surface area contributed by atoms with Crippen molar-refractivity contribution in [1.29, 1.82) is 5.26 Å². The normalized spacial score (nSPS) is 20.4. The SMILES string of the molecule is CC1(C)CCN(c2ccc3nccc(C(=O)NCC(=O)N4CSC[C@H]4C#N)c3c2)C1. The van der Waals surface area contributed by atoms with Crippen LogP contribution in [0.25, 0.3) is 10.9 Å². The second kappa shape index (κ2) is 8.15. The number of carbonyl (C=O) groups is 2. The summed E-state index contributed by atoms with van der Waals surface area (Å²) in [5.74, 6) is 0.551. The zero-order valence-electron chi connectivity index (χ0n) is 17.2. The molecule has 1 aromatic heterocycles. The minimum atomic E-state index is -0.423. The second-order valence-electron chi connectivity index (χ2n) is 8.59. The van der Waals surface area contributed by atoms with Gasteiger partial charge in [-0.1, -0.05) is 13.8 Å². The fourth-order valence-corrected chi connectivity index (χ4v) is 5.11. The van der Waals surface area contributed by atoms with E-state index in [-0.39, 0.29) is 23.8 Å². The average molecular weight is 424 g/mol. The molecule has 8 heteroatoms. The number of thioether (sulfide) groups is 1. The fourth-order valence-electron chi connectivity index (χ4n) is 4.01. The fraction of sp³-hybridized carbons (Fsp3) is 0.455. The Morgan fingerprint density at radius 2 is 2.20 bits per heavy atom. The van der Waals surface area contributed by atoms with Crippen LogP contribution in [0.2, 0.25) is 0 Å². The van der Waals surface area contributed by atoms with Gasteiger partial charge in [0.1, 0.15) is 6.04 Å². The molecule has 0 unspecified atom stereocenters. The molecule has 30 heavy (non-hydrogen) atoms. The van der Waals surface area contributed by atoms with Crippen LogP contribution in [0.1, 0.15) is 30.6 Å². The first-order chi connectivity index (χ1) is 14.4. The summed E-state index contributed by atoms with van der Waals surface area (Å²) >= 11 is 1.55. The molecule has 2 aromatic rings. The first-order valence-corrected chi connectivity index (χ1v) is 11.2. The first kappa shape index (κ1) is 20.5. The minimum Gasteiger partial charge on any atom is -0.371 e. The summed E-state index contributed by atoms with van der Waals surface area (Å²) in [4.78, 5) is 33.5. The van der Waals surface area contributed by atoms with Gasteiger partial charge in [-0.25, -0.2) is 0 Å². The molecule has 2 aliphatic rings. The van der Waals surface area contributed by atoms with Crippen molar-refractivity contribution in [2.45, 2.75) is 26.3 Å². The summed E-state index contributed by atoms with van der Waals surface area (Å²) in [5, 5.41) is 12.7. The van der Waals surface area contributed by atoms with E-state index in [0.717, 1.165) is 36.1 Å². The topological polar surface area (TPSA) is 89.3 Å². The van der Waals surface area contributed by atoms with Crippen LogP contribution >= 0.6 is 11.8 Å². The van der Waals surface area contributed by atoms with Gasteiger partial charge in [0.15, 0.2) is 0 Å². The van der Waals surface area contributed by atoms with E-state index >= 15 is 0 Å². The molecule has 1 N–H and O–H groups in total. The lowest BCUT2D eigenvalue weighted by Gasteiger charge is -2.22. The highest BCUT2D eigenvalue weighted by atomic mass is 32.2. The lowest BCUT2D eigenvalue weighted by atomic mass is 9.93. The number of nitrogens with one attached hydrogen (secondary N) is 1. The largest absolute Gasteiger partial charge is 0.371 e. The van der Waals surface area contributed by atoms with E-state index in [2.05, 4.69) is 41.2 Å². The Labute approximate surface area is 180 Å². The van der Waals surface area contributed by atoms with E-state index in [4.69, 9.17) is 5.26 Å². The van der Waals surface area contributed by atoms with Gasteiger partial charge in [-0.2, -0.15) is 5.26 Å². The molecule has 156 valence electrons. The molecule has 2 aliphatic heterocycles. The summed E-state index contributed by atoms with van der Waals surface area (Å²) in [6.45, 7) is 6.37. The maximum absolute atomic E-state index is 12.9. The van der Waals surface area contributed by atoms with Crippen LogP contribution in [0.5, 0.6) is 0 Å². The number of fused-ring (bicyclic) bond motifs is 1. The summed E-state index contributed by atoms with van der Waals surface area (Å²) in [7, 11) is 0. The lowest BCUT2D eigenvalue weighted by Crippen LogP contribution is -2.42. The number of rotatable bonds is 4. The molecule has 1 aromatic carbocycles. The predicted molar refractivity (Wildman–Crippen MR) is 118 cm³/mol. The Morgan fingerprint density at radius 1 is 1.37 bits per heavy atom. The summed E-state index contributed by atoms with van der Waals surface area (Å²) in [6.07, 6.45) is 2.74. The number of nitrogens with zero attached hydrogens (tertiary/aromatic N) is 4. The number of benzene rings is 1. The smallest absolute Gasteiger partial charge is 0.252 e. The van der Waals surface area contributed by atoms with Gasteiger partial charge in [0.2, 0.25) is 5.91 Å². The van der Waals surface area contributed by atoms with Crippen LogP contribution in [0.15, 0.2) is 30.5 Å². The molecule has 2 fully saturated rings. The number of hydrogen-bond donors (Lipinski definition) is 1. The van der Waals surface area contributed by atoms with Gasteiger partial charge in [0, 0.05) is 36.1 Å². The van der Waals surface area contributed by atoms with E-state index in [0.29, 0.717) is 17.2 Å². The van der Waals surface area contributed by atoms with Crippen molar-refractivity contribution in [3.8, 4) is 6.07 Å². The minimum absolute atomic E-state index is 0.124. The predicted octanol–water partition coefficient (Wildman–Crippen LogP) is 2.63. The zero-order chi connectivity index (χ0) is 21.3. The molecule has 0 bridgehead atoms.